The molecule has 31 heavy (non-hydrogen) atoms. The van der Waals surface area contributed by atoms with Gasteiger partial charge in [-0.2, -0.15) is 4.31 Å². The highest BCUT2D eigenvalue weighted by atomic mass is 35.5. The lowest BCUT2D eigenvalue weighted by Crippen LogP contribution is -2.37. The van der Waals surface area contributed by atoms with Gasteiger partial charge in [0.15, 0.2) is 0 Å². The molecule has 1 saturated heterocycles. The number of rotatable bonds is 5. The Balaban J connectivity index is 1.44. The van der Waals surface area contributed by atoms with Crippen LogP contribution in [0, 0.1) is 5.92 Å². The Labute approximate surface area is 185 Å². The number of halogens is 1. The number of nitrogens with zero attached hydrogens (tertiary/aromatic N) is 3. The Morgan fingerprint density at radius 1 is 1.13 bits per heavy atom. The summed E-state index contributed by atoms with van der Waals surface area (Å²) < 4.78 is 32.6. The minimum absolute atomic E-state index is 0.0703. The molecule has 10 heteroatoms. The largest absolute Gasteiger partial charge is 0.403 e. The van der Waals surface area contributed by atoms with Crippen LogP contribution in [0.3, 0.4) is 0 Å². The quantitative estimate of drug-likeness (QED) is 0.615. The molecular formula is C21H21ClN4O4S. The van der Waals surface area contributed by atoms with Gasteiger partial charge in [0, 0.05) is 29.2 Å². The third kappa shape index (κ3) is 4.79. The Morgan fingerprint density at radius 3 is 2.52 bits per heavy atom. The van der Waals surface area contributed by atoms with Crippen molar-refractivity contribution in [1.82, 2.24) is 14.5 Å². The molecule has 0 unspecified atom stereocenters. The van der Waals surface area contributed by atoms with Crippen molar-refractivity contribution in [3.63, 3.8) is 0 Å². The second-order valence-corrected chi connectivity index (χ2v) is 9.86. The smallest absolute Gasteiger partial charge is 0.322 e. The number of aromatic nitrogens is 2. The average molecular weight is 461 g/mol. The van der Waals surface area contributed by atoms with E-state index in [1.807, 2.05) is 0 Å². The maximum Gasteiger partial charge on any atom is 0.322 e. The fourth-order valence-corrected chi connectivity index (χ4v) is 4.99. The number of amides is 1. The number of carbonyl (C=O) groups is 1. The van der Waals surface area contributed by atoms with E-state index in [0.717, 1.165) is 12.8 Å². The molecule has 0 aliphatic carbocycles. The summed E-state index contributed by atoms with van der Waals surface area (Å²) in [6, 6.07) is 12.6. The van der Waals surface area contributed by atoms with Crippen LogP contribution in [0.15, 0.2) is 57.8 Å². The lowest BCUT2D eigenvalue weighted by molar-refractivity contribution is 0.102. The SMILES string of the molecule is CC1CCN(S(=O)(=O)c2ccc(C(=O)Nc3nnc(-c4cccc(Cl)c4)o3)cc2)CC1. The summed E-state index contributed by atoms with van der Waals surface area (Å²) in [6.45, 7) is 3.15. The first kappa shape index (κ1) is 21.5. The molecular weight excluding hydrogens is 440 g/mol. The molecule has 0 radical (unpaired) electrons. The third-order valence-electron chi connectivity index (χ3n) is 5.21. The fourth-order valence-electron chi connectivity index (χ4n) is 3.33. The van der Waals surface area contributed by atoms with Gasteiger partial charge in [0.2, 0.25) is 15.9 Å². The highest BCUT2D eigenvalue weighted by Gasteiger charge is 2.28. The summed E-state index contributed by atoms with van der Waals surface area (Å²) in [5, 5.41) is 10.8. The van der Waals surface area contributed by atoms with E-state index in [1.165, 1.54) is 28.6 Å². The predicted molar refractivity (Wildman–Crippen MR) is 116 cm³/mol. The summed E-state index contributed by atoms with van der Waals surface area (Å²) in [4.78, 5) is 12.7. The lowest BCUT2D eigenvalue weighted by Gasteiger charge is -2.29. The molecule has 1 aliphatic rings. The van der Waals surface area contributed by atoms with Gasteiger partial charge in [0.05, 0.1) is 4.90 Å². The highest BCUT2D eigenvalue weighted by molar-refractivity contribution is 7.89. The van der Waals surface area contributed by atoms with E-state index in [9.17, 15) is 13.2 Å². The molecule has 1 amide bonds. The molecule has 8 nitrogen and oxygen atoms in total. The number of benzene rings is 2. The summed E-state index contributed by atoms with van der Waals surface area (Å²) in [5.74, 6) is 0.258. The molecule has 0 bridgehead atoms. The van der Waals surface area contributed by atoms with Crippen LogP contribution in [0.4, 0.5) is 6.01 Å². The van der Waals surface area contributed by atoms with Crippen LogP contribution in [-0.2, 0) is 10.0 Å². The first-order chi connectivity index (χ1) is 14.8. The molecule has 1 aliphatic heterocycles. The lowest BCUT2D eigenvalue weighted by atomic mass is 10.0. The molecule has 1 fully saturated rings. The predicted octanol–water partition coefficient (Wildman–Crippen LogP) is 4.06. The first-order valence-corrected chi connectivity index (χ1v) is 11.7. The first-order valence-electron chi connectivity index (χ1n) is 9.84. The molecule has 0 atom stereocenters. The molecule has 162 valence electrons. The van der Waals surface area contributed by atoms with Crippen molar-refractivity contribution >= 4 is 33.5 Å². The van der Waals surface area contributed by atoms with Gasteiger partial charge in [-0.3, -0.25) is 10.1 Å². The number of piperidine rings is 1. The van der Waals surface area contributed by atoms with Crippen molar-refractivity contribution in [2.45, 2.75) is 24.7 Å². The van der Waals surface area contributed by atoms with E-state index in [2.05, 4.69) is 22.4 Å². The van der Waals surface area contributed by atoms with Gasteiger partial charge in [-0.05, 0) is 61.2 Å². The van der Waals surface area contributed by atoms with E-state index in [4.69, 9.17) is 16.0 Å². The number of nitrogens with one attached hydrogen (secondary N) is 1. The molecule has 3 aromatic rings. The van der Waals surface area contributed by atoms with Gasteiger partial charge in [-0.25, -0.2) is 8.42 Å². The Hall–Kier alpha value is -2.75. The number of anilines is 1. The standard InChI is InChI=1S/C21H21ClN4O4S/c1-14-9-11-26(12-10-14)31(28,29)18-7-5-15(6-8-18)19(27)23-21-25-24-20(30-21)16-3-2-4-17(22)13-16/h2-8,13-14H,9-12H2,1H3,(H,23,25,27). The average Bonchev–Trinajstić information content (AvgIpc) is 3.23. The zero-order valence-electron chi connectivity index (χ0n) is 16.8. The van der Waals surface area contributed by atoms with E-state index in [1.54, 1.807) is 24.3 Å². The Morgan fingerprint density at radius 2 is 1.84 bits per heavy atom. The van der Waals surface area contributed by atoms with E-state index < -0.39 is 15.9 Å². The van der Waals surface area contributed by atoms with Crippen LogP contribution in [-0.4, -0.2) is 41.9 Å². The Bertz CT molecular complexity index is 1190. The number of carbonyl (C=O) groups excluding carboxylic acids is 1. The maximum absolute atomic E-state index is 12.8. The summed E-state index contributed by atoms with van der Waals surface area (Å²) >= 11 is 5.96. The molecule has 2 aromatic carbocycles. The van der Waals surface area contributed by atoms with Crippen molar-refractivity contribution in [3.05, 3.63) is 59.1 Å². The second-order valence-electron chi connectivity index (χ2n) is 7.49. The van der Waals surface area contributed by atoms with Gasteiger partial charge >= 0.3 is 6.01 Å². The van der Waals surface area contributed by atoms with Crippen molar-refractivity contribution in [2.75, 3.05) is 18.4 Å². The van der Waals surface area contributed by atoms with Crippen molar-refractivity contribution in [3.8, 4) is 11.5 Å². The van der Waals surface area contributed by atoms with Crippen LogP contribution in [0.1, 0.15) is 30.1 Å². The number of hydrogen-bond acceptors (Lipinski definition) is 6. The maximum atomic E-state index is 12.8. The minimum atomic E-state index is -3.57. The third-order valence-corrected chi connectivity index (χ3v) is 7.36. The van der Waals surface area contributed by atoms with E-state index >= 15 is 0 Å². The van der Waals surface area contributed by atoms with Gasteiger partial charge in [-0.1, -0.05) is 29.7 Å². The zero-order chi connectivity index (χ0) is 22.0. The van der Waals surface area contributed by atoms with Crippen LogP contribution < -0.4 is 5.32 Å². The molecule has 4 rings (SSSR count). The monoisotopic (exact) mass is 460 g/mol. The molecule has 1 aromatic heterocycles. The molecule has 2 heterocycles. The van der Waals surface area contributed by atoms with Crippen LogP contribution >= 0.6 is 11.6 Å². The van der Waals surface area contributed by atoms with Crippen LogP contribution in [0.25, 0.3) is 11.5 Å². The van der Waals surface area contributed by atoms with Gasteiger partial charge < -0.3 is 4.42 Å². The number of sulfonamides is 1. The van der Waals surface area contributed by atoms with Crippen molar-refractivity contribution < 1.29 is 17.6 Å². The van der Waals surface area contributed by atoms with E-state index in [0.29, 0.717) is 29.6 Å². The summed E-state index contributed by atoms with van der Waals surface area (Å²) in [7, 11) is -3.57. The van der Waals surface area contributed by atoms with E-state index in [-0.39, 0.29) is 22.4 Å². The fraction of sp³-hybridized carbons (Fsp3) is 0.286. The van der Waals surface area contributed by atoms with Gasteiger partial charge in [-0.15, -0.1) is 5.10 Å². The topological polar surface area (TPSA) is 105 Å². The summed E-state index contributed by atoms with van der Waals surface area (Å²) in [6.07, 6.45) is 1.70. The van der Waals surface area contributed by atoms with Gasteiger partial charge in [0.1, 0.15) is 0 Å². The van der Waals surface area contributed by atoms with Crippen LogP contribution in [0.5, 0.6) is 0 Å². The highest BCUT2D eigenvalue weighted by Crippen LogP contribution is 2.25. The second kappa shape index (κ2) is 8.78. The van der Waals surface area contributed by atoms with Gasteiger partial charge in [0.25, 0.3) is 5.91 Å². The molecule has 0 saturated carbocycles. The summed E-state index contributed by atoms with van der Waals surface area (Å²) in [5.41, 5.74) is 0.899. The number of hydrogen-bond donors (Lipinski definition) is 1. The zero-order valence-corrected chi connectivity index (χ0v) is 18.4. The molecule has 0 spiro atoms. The van der Waals surface area contributed by atoms with Crippen molar-refractivity contribution in [1.29, 1.82) is 0 Å². The molecule has 1 N–H and O–H groups in total. The normalized spacial score (nSPS) is 15.7. The van der Waals surface area contributed by atoms with Crippen molar-refractivity contribution in [2.24, 2.45) is 5.92 Å². The Kier molecular flexibility index (Phi) is 6.08. The minimum Gasteiger partial charge on any atom is -0.403 e. The van der Waals surface area contributed by atoms with Crippen LogP contribution in [0.2, 0.25) is 5.02 Å².